The Kier molecular flexibility index (Phi) is 4.40. The minimum atomic E-state index is -0.230. The highest BCUT2D eigenvalue weighted by Gasteiger charge is 2.45. The van der Waals surface area contributed by atoms with Crippen LogP contribution in [-0.2, 0) is 4.74 Å². The predicted octanol–water partition coefficient (Wildman–Crippen LogP) is -3.72. The molecule has 0 aromatic rings. The molecular weight excluding hydrogens is 314 g/mol. The van der Waals surface area contributed by atoms with E-state index >= 15 is 0 Å². The Balaban J connectivity index is 0.000000980. The van der Waals surface area contributed by atoms with Crippen LogP contribution in [0.1, 0.15) is 12.8 Å². The summed E-state index contributed by atoms with van der Waals surface area (Å²) >= 11 is 3.50. The van der Waals surface area contributed by atoms with E-state index in [9.17, 15) is 5.11 Å². The van der Waals surface area contributed by atoms with E-state index in [-0.39, 0.29) is 27.9 Å². The van der Waals surface area contributed by atoms with Crippen molar-refractivity contribution in [2.75, 3.05) is 13.7 Å². The van der Waals surface area contributed by atoms with Gasteiger partial charge in [-0.15, -0.1) is 0 Å². The Labute approximate surface area is 103 Å². The molecule has 0 spiro atoms. The lowest BCUT2D eigenvalue weighted by Crippen LogP contribution is -3.00. The summed E-state index contributed by atoms with van der Waals surface area (Å²) in [5, 5.41) is 9.69. The smallest absolute Gasteiger partial charge is 0.338 e. The van der Waals surface area contributed by atoms with E-state index in [0.717, 1.165) is 25.3 Å². The molecule has 4 unspecified atom stereocenters. The first-order chi connectivity index (χ1) is 6.22. The Hall–Kier alpha value is 0.390. The van der Waals surface area contributed by atoms with Crippen molar-refractivity contribution in [2.24, 2.45) is 11.8 Å². The second kappa shape index (κ2) is 4.94. The minimum absolute atomic E-state index is 0. The van der Waals surface area contributed by atoms with Crippen LogP contribution in [0.15, 0.2) is 0 Å². The lowest BCUT2D eigenvalue weighted by Gasteiger charge is -2.29. The van der Waals surface area contributed by atoms with Gasteiger partial charge in [0, 0.05) is 10.7 Å². The zero-order chi connectivity index (χ0) is 9.42. The first-order valence-electron chi connectivity index (χ1n) is 4.72. The molecule has 0 bridgehead atoms. The number of rotatable bonds is 0. The largest absolute Gasteiger partial charge is 1.00 e. The van der Waals surface area contributed by atoms with E-state index in [1.807, 2.05) is 7.05 Å². The molecule has 14 heavy (non-hydrogen) atoms. The maximum Gasteiger partial charge on any atom is 0.338 e. The van der Waals surface area contributed by atoms with Crippen LogP contribution < -0.4 is 22.0 Å². The van der Waals surface area contributed by atoms with Crippen molar-refractivity contribution in [3.63, 3.8) is 0 Å². The second-order valence-electron chi connectivity index (χ2n) is 3.85. The van der Waals surface area contributed by atoms with E-state index in [1.165, 1.54) is 0 Å². The molecule has 1 heterocycles. The average Bonchev–Trinajstić information content (AvgIpc) is 2.48. The molecule has 0 amide bonds. The van der Waals surface area contributed by atoms with Gasteiger partial charge in [0.2, 0.25) is 0 Å². The van der Waals surface area contributed by atoms with Crippen LogP contribution in [-0.4, -0.2) is 35.6 Å². The number of alkyl halides is 1. The highest BCUT2D eigenvalue weighted by molar-refractivity contribution is 9.09. The van der Waals surface area contributed by atoms with E-state index in [2.05, 4.69) is 20.9 Å². The third-order valence-corrected chi connectivity index (χ3v) is 4.03. The molecule has 2 N–H and O–H groups in total. The van der Waals surface area contributed by atoms with Gasteiger partial charge in [0.05, 0.1) is 18.6 Å². The van der Waals surface area contributed by atoms with Crippen molar-refractivity contribution in [2.45, 2.75) is 23.8 Å². The lowest BCUT2D eigenvalue weighted by molar-refractivity contribution is -0.433. The van der Waals surface area contributed by atoms with Gasteiger partial charge in [-0.25, -0.2) is 4.99 Å². The average molecular weight is 329 g/mol. The maximum absolute atomic E-state index is 9.69. The number of nitrogens with one attached hydrogen (secondary N) is 1. The van der Waals surface area contributed by atoms with Gasteiger partial charge >= 0.3 is 5.90 Å². The number of aliphatic hydroxyl groups excluding tert-OH is 1. The number of halogens is 2. The number of hydrogen-bond acceptors (Lipinski definition) is 2. The molecule has 0 radical (unpaired) electrons. The summed E-state index contributed by atoms with van der Waals surface area (Å²) in [6.45, 7) is 0.801. The summed E-state index contributed by atoms with van der Waals surface area (Å²) in [6, 6.07) is 0. The van der Waals surface area contributed by atoms with E-state index in [0.29, 0.717) is 11.8 Å². The van der Waals surface area contributed by atoms with Crippen LogP contribution in [0.3, 0.4) is 0 Å². The third-order valence-electron chi connectivity index (χ3n) is 3.05. The van der Waals surface area contributed by atoms with Gasteiger partial charge < -0.3 is 26.8 Å². The summed E-state index contributed by atoms with van der Waals surface area (Å²) in [5.41, 5.74) is 0. The molecule has 0 aromatic heterocycles. The van der Waals surface area contributed by atoms with Gasteiger partial charge in [0.15, 0.2) is 0 Å². The van der Waals surface area contributed by atoms with Crippen molar-refractivity contribution in [3.8, 4) is 0 Å². The molecule has 1 aliphatic carbocycles. The first-order valence-corrected chi connectivity index (χ1v) is 5.63. The monoisotopic (exact) mass is 327 g/mol. The van der Waals surface area contributed by atoms with Gasteiger partial charge in [-0.05, 0) is 12.8 Å². The van der Waals surface area contributed by atoms with Crippen LogP contribution >= 0.6 is 15.9 Å². The first kappa shape index (κ1) is 12.5. The Bertz CT molecular complexity index is 235. The molecule has 2 fully saturated rings. The fraction of sp³-hybridized carbons (Fsp3) is 0.889. The number of fused-ring (bicyclic) bond motifs is 1. The van der Waals surface area contributed by atoms with Crippen molar-refractivity contribution in [1.82, 2.24) is 0 Å². The second-order valence-corrected chi connectivity index (χ2v) is 5.02. The molecule has 0 aromatic carbocycles. The summed E-state index contributed by atoms with van der Waals surface area (Å²) in [6.07, 6.45) is 1.60. The Morgan fingerprint density at radius 2 is 2.21 bits per heavy atom. The van der Waals surface area contributed by atoms with Crippen LogP contribution in [0, 0.1) is 11.8 Å². The number of aliphatic hydroxyl groups is 1. The quantitative estimate of drug-likeness (QED) is 0.449. The van der Waals surface area contributed by atoms with Crippen LogP contribution in [0.4, 0.5) is 0 Å². The van der Waals surface area contributed by atoms with Crippen molar-refractivity contribution in [1.29, 1.82) is 0 Å². The SMILES string of the molecule is C[NH+]=C1OCC2CC(Br)C(O)CC12.[Br-]. The van der Waals surface area contributed by atoms with Crippen LogP contribution in [0.2, 0.25) is 0 Å². The number of hydrogen-bond donors (Lipinski definition) is 2. The van der Waals surface area contributed by atoms with Crippen molar-refractivity contribution in [3.05, 3.63) is 0 Å². The molecule has 1 aliphatic heterocycles. The normalized spacial score (nSPS) is 44.1. The molecule has 2 aliphatic rings. The van der Waals surface area contributed by atoms with Crippen molar-refractivity contribution < 1.29 is 31.8 Å². The molecule has 3 nitrogen and oxygen atoms in total. The highest BCUT2D eigenvalue weighted by atomic mass is 79.9. The fourth-order valence-electron chi connectivity index (χ4n) is 2.28. The molecule has 1 saturated carbocycles. The lowest BCUT2D eigenvalue weighted by atomic mass is 9.79. The topological polar surface area (TPSA) is 43.4 Å². The van der Waals surface area contributed by atoms with E-state index < -0.39 is 0 Å². The van der Waals surface area contributed by atoms with Gasteiger partial charge in [0.1, 0.15) is 7.05 Å². The van der Waals surface area contributed by atoms with Crippen LogP contribution in [0.5, 0.6) is 0 Å². The van der Waals surface area contributed by atoms with E-state index in [1.54, 1.807) is 0 Å². The molecule has 1 saturated heterocycles. The molecule has 5 heteroatoms. The maximum atomic E-state index is 9.69. The zero-order valence-corrected chi connectivity index (χ0v) is 11.2. The Morgan fingerprint density at radius 3 is 2.86 bits per heavy atom. The summed E-state index contributed by atoms with van der Waals surface area (Å²) in [7, 11) is 1.88. The van der Waals surface area contributed by atoms with E-state index in [4.69, 9.17) is 4.74 Å². The minimum Gasteiger partial charge on any atom is -1.00 e. The van der Waals surface area contributed by atoms with Gasteiger partial charge in [-0.1, -0.05) is 15.9 Å². The molecule has 2 rings (SSSR count). The van der Waals surface area contributed by atoms with Gasteiger partial charge in [-0.2, -0.15) is 0 Å². The fourth-order valence-corrected chi connectivity index (χ4v) is 2.97. The zero-order valence-electron chi connectivity index (χ0n) is 8.04. The molecular formula is C9H15Br2NO2. The third kappa shape index (κ3) is 2.14. The highest BCUT2D eigenvalue weighted by Crippen LogP contribution is 2.37. The van der Waals surface area contributed by atoms with Crippen LogP contribution in [0.25, 0.3) is 0 Å². The van der Waals surface area contributed by atoms with Crippen molar-refractivity contribution >= 4 is 21.8 Å². The summed E-state index contributed by atoms with van der Waals surface area (Å²) in [4.78, 5) is 3.31. The predicted molar refractivity (Wildman–Crippen MR) is 52.8 cm³/mol. The summed E-state index contributed by atoms with van der Waals surface area (Å²) < 4.78 is 5.52. The Morgan fingerprint density at radius 1 is 1.50 bits per heavy atom. The van der Waals surface area contributed by atoms with Gasteiger partial charge in [0.25, 0.3) is 0 Å². The molecule has 82 valence electrons. The van der Waals surface area contributed by atoms with Gasteiger partial charge in [-0.3, -0.25) is 0 Å². The summed E-state index contributed by atoms with van der Waals surface area (Å²) in [5.74, 6) is 1.95. The number of ether oxygens (including phenoxy) is 1. The standard InChI is InChI=1S/C9H14BrNO2.BrH/c1-11-9-6-3-8(12)7(10)2-5(6)4-13-9;/h5-8,12H,2-4H2,1H3;1H. The molecule has 4 atom stereocenters.